The standard InChI is InChI=1S/C20H23N5O2S/c1-24-10-12-25(13-11-24)28(26,27)17-8-6-16(7-9-17)14-22-20-15-21-18-4-2-3-5-19(18)23-20/h2-9,15H,10-14H2,1H3,(H,22,23). The SMILES string of the molecule is CN1CCN(S(=O)(=O)c2ccc(CNc3cnc4ccccc4n3)cc2)CC1. The second kappa shape index (κ2) is 7.83. The van der Waals surface area contributed by atoms with Gasteiger partial charge in [-0.25, -0.2) is 13.4 Å². The van der Waals surface area contributed by atoms with Crippen molar-refractivity contribution in [1.29, 1.82) is 0 Å². The van der Waals surface area contributed by atoms with Crippen molar-refractivity contribution in [2.24, 2.45) is 0 Å². The van der Waals surface area contributed by atoms with Crippen LogP contribution in [0.5, 0.6) is 0 Å². The maximum atomic E-state index is 12.8. The van der Waals surface area contributed by atoms with Crippen LogP contribution >= 0.6 is 0 Å². The van der Waals surface area contributed by atoms with Crippen LogP contribution in [0.4, 0.5) is 5.82 Å². The van der Waals surface area contributed by atoms with E-state index >= 15 is 0 Å². The average molecular weight is 398 g/mol. The first-order chi connectivity index (χ1) is 13.5. The second-order valence-electron chi connectivity index (χ2n) is 6.95. The van der Waals surface area contributed by atoms with E-state index in [1.54, 1.807) is 22.6 Å². The Morgan fingerprint density at radius 3 is 2.36 bits per heavy atom. The number of nitrogens with one attached hydrogen (secondary N) is 1. The summed E-state index contributed by atoms with van der Waals surface area (Å²) in [6, 6.07) is 14.7. The zero-order valence-electron chi connectivity index (χ0n) is 15.7. The minimum atomic E-state index is -3.43. The van der Waals surface area contributed by atoms with Crippen LogP contribution in [-0.4, -0.2) is 60.8 Å². The minimum Gasteiger partial charge on any atom is -0.365 e. The number of benzene rings is 2. The average Bonchev–Trinajstić information content (AvgIpc) is 2.73. The molecule has 0 aliphatic carbocycles. The van der Waals surface area contributed by atoms with E-state index < -0.39 is 10.0 Å². The van der Waals surface area contributed by atoms with E-state index in [0.717, 1.165) is 29.7 Å². The number of para-hydroxylation sites is 2. The first kappa shape index (κ1) is 18.8. The zero-order chi connectivity index (χ0) is 19.6. The van der Waals surface area contributed by atoms with E-state index in [1.165, 1.54) is 0 Å². The predicted molar refractivity (Wildman–Crippen MR) is 110 cm³/mol. The van der Waals surface area contributed by atoms with Crippen LogP contribution in [0.15, 0.2) is 59.6 Å². The Hall–Kier alpha value is -2.55. The van der Waals surface area contributed by atoms with Gasteiger partial charge in [-0.05, 0) is 36.9 Å². The molecule has 8 heteroatoms. The largest absolute Gasteiger partial charge is 0.365 e. The third-order valence-corrected chi connectivity index (χ3v) is 6.86. The second-order valence-corrected chi connectivity index (χ2v) is 8.89. The van der Waals surface area contributed by atoms with Gasteiger partial charge in [-0.15, -0.1) is 0 Å². The summed E-state index contributed by atoms with van der Waals surface area (Å²) in [7, 11) is -1.42. The number of piperazine rings is 1. The fraction of sp³-hybridized carbons (Fsp3) is 0.300. The Bertz CT molecular complexity index is 1060. The van der Waals surface area contributed by atoms with E-state index in [1.807, 2.05) is 43.4 Å². The summed E-state index contributed by atoms with van der Waals surface area (Å²) in [6.07, 6.45) is 1.70. The molecular weight excluding hydrogens is 374 g/mol. The highest BCUT2D eigenvalue weighted by molar-refractivity contribution is 7.89. The van der Waals surface area contributed by atoms with E-state index in [2.05, 4.69) is 20.2 Å². The number of hydrogen-bond donors (Lipinski definition) is 1. The number of hydrogen-bond acceptors (Lipinski definition) is 6. The number of anilines is 1. The highest BCUT2D eigenvalue weighted by Gasteiger charge is 2.27. The lowest BCUT2D eigenvalue weighted by molar-refractivity contribution is 0.222. The number of rotatable bonds is 5. The molecule has 1 aliphatic rings. The molecule has 1 fully saturated rings. The van der Waals surface area contributed by atoms with Crippen molar-refractivity contribution >= 4 is 26.9 Å². The van der Waals surface area contributed by atoms with Gasteiger partial charge in [0, 0.05) is 32.7 Å². The van der Waals surface area contributed by atoms with Crippen molar-refractivity contribution in [3.63, 3.8) is 0 Å². The van der Waals surface area contributed by atoms with Crippen molar-refractivity contribution in [3.8, 4) is 0 Å². The number of likely N-dealkylation sites (N-methyl/N-ethyl adjacent to an activating group) is 1. The number of aromatic nitrogens is 2. The lowest BCUT2D eigenvalue weighted by atomic mass is 10.2. The van der Waals surface area contributed by atoms with Crippen molar-refractivity contribution in [2.75, 3.05) is 38.5 Å². The molecule has 7 nitrogen and oxygen atoms in total. The molecule has 28 heavy (non-hydrogen) atoms. The lowest BCUT2D eigenvalue weighted by Crippen LogP contribution is -2.46. The Balaban J connectivity index is 1.42. The molecule has 1 aliphatic heterocycles. The molecule has 1 saturated heterocycles. The molecule has 0 amide bonds. The van der Waals surface area contributed by atoms with Gasteiger partial charge in [-0.3, -0.25) is 4.98 Å². The van der Waals surface area contributed by atoms with Crippen LogP contribution < -0.4 is 5.32 Å². The van der Waals surface area contributed by atoms with Gasteiger partial charge in [0.25, 0.3) is 0 Å². The van der Waals surface area contributed by atoms with Gasteiger partial charge in [-0.2, -0.15) is 4.31 Å². The summed E-state index contributed by atoms with van der Waals surface area (Å²) < 4.78 is 27.1. The molecule has 0 unspecified atom stereocenters. The Morgan fingerprint density at radius 1 is 0.964 bits per heavy atom. The molecule has 0 bridgehead atoms. The molecule has 0 spiro atoms. The van der Waals surface area contributed by atoms with Gasteiger partial charge >= 0.3 is 0 Å². The summed E-state index contributed by atoms with van der Waals surface area (Å²) in [6.45, 7) is 3.12. The van der Waals surface area contributed by atoms with Gasteiger partial charge in [0.2, 0.25) is 10.0 Å². The van der Waals surface area contributed by atoms with Gasteiger partial charge < -0.3 is 10.2 Å². The maximum Gasteiger partial charge on any atom is 0.243 e. The van der Waals surface area contributed by atoms with Crippen LogP contribution in [0.3, 0.4) is 0 Å². The molecule has 2 heterocycles. The lowest BCUT2D eigenvalue weighted by Gasteiger charge is -2.31. The molecule has 0 saturated carbocycles. The summed E-state index contributed by atoms with van der Waals surface area (Å²) in [5.41, 5.74) is 2.67. The highest BCUT2D eigenvalue weighted by atomic mass is 32.2. The number of nitrogens with zero attached hydrogens (tertiary/aromatic N) is 4. The smallest absolute Gasteiger partial charge is 0.243 e. The van der Waals surface area contributed by atoms with Crippen molar-refractivity contribution in [1.82, 2.24) is 19.2 Å². The fourth-order valence-corrected chi connectivity index (χ4v) is 4.61. The zero-order valence-corrected chi connectivity index (χ0v) is 16.6. The predicted octanol–water partition coefficient (Wildman–Crippen LogP) is 2.18. The topological polar surface area (TPSA) is 78.4 Å². The number of fused-ring (bicyclic) bond motifs is 1. The summed E-state index contributed by atoms with van der Waals surface area (Å²) in [5.74, 6) is 0.688. The third kappa shape index (κ3) is 3.99. The van der Waals surface area contributed by atoms with Crippen molar-refractivity contribution < 1.29 is 8.42 Å². The van der Waals surface area contributed by atoms with Crippen LogP contribution in [0.1, 0.15) is 5.56 Å². The summed E-state index contributed by atoms with van der Waals surface area (Å²) >= 11 is 0. The first-order valence-electron chi connectivity index (χ1n) is 9.26. The molecule has 0 atom stereocenters. The first-order valence-corrected chi connectivity index (χ1v) is 10.7. The van der Waals surface area contributed by atoms with Gasteiger partial charge in [0.1, 0.15) is 5.82 Å². The Labute approximate surface area is 165 Å². The van der Waals surface area contributed by atoms with Crippen molar-refractivity contribution in [2.45, 2.75) is 11.4 Å². The van der Waals surface area contributed by atoms with E-state index in [0.29, 0.717) is 30.3 Å². The number of sulfonamides is 1. The molecule has 3 aromatic rings. The maximum absolute atomic E-state index is 12.8. The van der Waals surface area contributed by atoms with Crippen LogP contribution in [0, 0.1) is 0 Å². The Morgan fingerprint density at radius 2 is 1.64 bits per heavy atom. The molecule has 0 radical (unpaired) electrons. The normalized spacial score (nSPS) is 16.3. The molecule has 1 N–H and O–H groups in total. The third-order valence-electron chi connectivity index (χ3n) is 4.95. The van der Waals surface area contributed by atoms with Gasteiger partial charge in [0.05, 0.1) is 22.1 Å². The van der Waals surface area contributed by atoms with E-state index in [9.17, 15) is 8.42 Å². The minimum absolute atomic E-state index is 0.339. The molecule has 146 valence electrons. The van der Waals surface area contributed by atoms with E-state index in [4.69, 9.17) is 0 Å². The Kier molecular flexibility index (Phi) is 5.25. The van der Waals surface area contributed by atoms with Gasteiger partial charge in [0.15, 0.2) is 0 Å². The quantitative estimate of drug-likeness (QED) is 0.711. The van der Waals surface area contributed by atoms with Crippen LogP contribution in [0.2, 0.25) is 0 Å². The van der Waals surface area contributed by atoms with E-state index in [-0.39, 0.29) is 0 Å². The highest BCUT2D eigenvalue weighted by Crippen LogP contribution is 2.19. The monoisotopic (exact) mass is 397 g/mol. The summed E-state index contributed by atoms with van der Waals surface area (Å²) in [4.78, 5) is 11.4. The molecular formula is C20H23N5O2S. The molecule has 1 aromatic heterocycles. The van der Waals surface area contributed by atoms with Gasteiger partial charge in [-0.1, -0.05) is 24.3 Å². The summed E-state index contributed by atoms with van der Waals surface area (Å²) in [5, 5.41) is 3.24. The van der Waals surface area contributed by atoms with Crippen molar-refractivity contribution in [3.05, 3.63) is 60.3 Å². The molecule has 4 rings (SSSR count). The van der Waals surface area contributed by atoms with Crippen LogP contribution in [-0.2, 0) is 16.6 Å². The fourth-order valence-electron chi connectivity index (χ4n) is 3.19. The molecule has 2 aromatic carbocycles. The van der Waals surface area contributed by atoms with Crippen LogP contribution in [0.25, 0.3) is 11.0 Å².